The Kier molecular flexibility index (Phi) is 10.5. The van der Waals surface area contributed by atoms with Gasteiger partial charge in [0.05, 0.1) is 12.2 Å². The zero-order valence-corrected chi connectivity index (χ0v) is 26.4. The zero-order valence-electron chi connectivity index (χ0n) is 24.8. The van der Waals surface area contributed by atoms with E-state index in [-0.39, 0.29) is 30.2 Å². The monoisotopic (exact) mass is 707 g/mol. The summed E-state index contributed by atoms with van der Waals surface area (Å²) in [7, 11) is 0. The summed E-state index contributed by atoms with van der Waals surface area (Å²) in [5.41, 5.74) is 8.35. The first-order valence-corrected chi connectivity index (χ1v) is 15.4. The SMILES string of the molecule is [N-]=[N+]=Nc1ccccc1[C@H]1OC(c2ccc(OCCCO)cc2)=N[C@@]1(Cc1ccccc1Br)C(=O)NCc1ccccc1C(F)(F)F. The van der Waals surface area contributed by atoms with Crippen molar-refractivity contribution < 1.29 is 32.5 Å². The van der Waals surface area contributed by atoms with Gasteiger partial charge >= 0.3 is 6.18 Å². The first-order valence-electron chi connectivity index (χ1n) is 14.6. The van der Waals surface area contributed by atoms with Crippen LogP contribution in [0.15, 0.2) is 112 Å². The predicted octanol–water partition coefficient (Wildman–Crippen LogP) is 7.99. The molecule has 0 saturated heterocycles. The van der Waals surface area contributed by atoms with Gasteiger partial charge in [0.1, 0.15) is 5.75 Å². The number of hydrogen-bond acceptors (Lipinski definition) is 6. The molecule has 13 heteroatoms. The van der Waals surface area contributed by atoms with Gasteiger partial charge in [0, 0.05) is 52.2 Å². The van der Waals surface area contributed by atoms with Gasteiger partial charge in [0.25, 0.3) is 5.91 Å². The molecule has 5 rings (SSSR count). The van der Waals surface area contributed by atoms with Gasteiger partial charge in [-0.2, -0.15) is 13.2 Å². The third-order valence-corrected chi connectivity index (χ3v) is 8.36. The molecule has 242 valence electrons. The normalized spacial score (nSPS) is 17.3. The van der Waals surface area contributed by atoms with Crippen LogP contribution < -0.4 is 10.1 Å². The first-order chi connectivity index (χ1) is 22.7. The molecule has 4 aromatic carbocycles. The molecule has 0 aromatic heterocycles. The quantitative estimate of drug-likeness (QED) is 0.0669. The van der Waals surface area contributed by atoms with Crippen LogP contribution in [-0.4, -0.2) is 35.7 Å². The van der Waals surface area contributed by atoms with Crippen LogP contribution in [0.1, 0.15) is 40.3 Å². The molecule has 2 N–H and O–H groups in total. The number of carbonyl (C=O) groups excluding carboxylic acids is 1. The number of rotatable bonds is 12. The second-order valence-electron chi connectivity index (χ2n) is 10.6. The number of hydrogen-bond donors (Lipinski definition) is 2. The highest BCUT2D eigenvalue weighted by molar-refractivity contribution is 9.10. The maximum Gasteiger partial charge on any atom is 0.416 e. The van der Waals surface area contributed by atoms with E-state index in [0.717, 1.165) is 6.07 Å². The molecule has 0 unspecified atom stereocenters. The summed E-state index contributed by atoms with van der Waals surface area (Å²) >= 11 is 3.55. The molecule has 2 atom stereocenters. The first kappa shape index (κ1) is 33.5. The van der Waals surface area contributed by atoms with Gasteiger partial charge in [-0.3, -0.25) is 4.79 Å². The van der Waals surface area contributed by atoms with Crippen LogP contribution in [0.25, 0.3) is 10.4 Å². The van der Waals surface area contributed by atoms with E-state index in [0.29, 0.717) is 39.9 Å². The fourth-order valence-electron chi connectivity index (χ4n) is 5.32. The van der Waals surface area contributed by atoms with Crippen molar-refractivity contribution in [1.82, 2.24) is 5.32 Å². The molecule has 47 heavy (non-hydrogen) atoms. The second kappa shape index (κ2) is 14.7. The molecule has 1 aliphatic rings. The fourth-order valence-corrected chi connectivity index (χ4v) is 5.74. The molecule has 0 radical (unpaired) electrons. The van der Waals surface area contributed by atoms with Crippen molar-refractivity contribution in [3.8, 4) is 5.75 Å². The average molecular weight is 709 g/mol. The van der Waals surface area contributed by atoms with Crippen LogP contribution in [-0.2, 0) is 28.7 Å². The summed E-state index contributed by atoms with van der Waals surface area (Å²) in [4.78, 5) is 22.4. The molecule has 1 heterocycles. The lowest BCUT2D eigenvalue weighted by Crippen LogP contribution is -2.49. The number of nitrogens with zero attached hydrogens (tertiary/aromatic N) is 4. The lowest BCUT2D eigenvalue weighted by atomic mass is 9.81. The lowest BCUT2D eigenvalue weighted by Gasteiger charge is -2.32. The van der Waals surface area contributed by atoms with Gasteiger partial charge in [0.15, 0.2) is 11.6 Å². The highest BCUT2D eigenvalue weighted by atomic mass is 79.9. The number of aliphatic imine (C=N–C) groups is 1. The van der Waals surface area contributed by atoms with Crippen LogP contribution in [0.3, 0.4) is 0 Å². The third kappa shape index (κ3) is 7.60. The Bertz CT molecular complexity index is 1810. The lowest BCUT2D eigenvalue weighted by molar-refractivity contribution is -0.138. The second-order valence-corrected chi connectivity index (χ2v) is 11.5. The van der Waals surface area contributed by atoms with E-state index < -0.39 is 35.8 Å². The summed E-state index contributed by atoms with van der Waals surface area (Å²) in [6, 6.07) is 25.7. The highest BCUT2D eigenvalue weighted by Crippen LogP contribution is 2.46. The third-order valence-electron chi connectivity index (χ3n) is 7.58. The van der Waals surface area contributed by atoms with Crippen molar-refractivity contribution in [2.24, 2.45) is 10.1 Å². The Balaban J connectivity index is 1.62. The Morgan fingerprint density at radius 1 is 1.02 bits per heavy atom. The van der Waals surface area contributed by atoms with E-state index in [4.69, 9.17) is 19.6 Å². The van der Waals surface area contributed by atoms with Crippen molar-refractivity contribution in [2.75, 3.05) is 13.2 Å². The van der Waals surface area contributed by atoms with Gasteiger partial charge in [-0.15, -0.1) is 0 Å². The molecule has 0 aliphatic carbocycles. The Hall–Kier alpha value is -4.84. The number of aliphatic hydroxyl groups is 1. The van der Waals surface area contributed by atoms with E-state index in [1.54, 1.807) is 66.7 Å². The van der Waals surface area contributed by atoms with Gasteiger partial charge < -0.3 is 19.9 Å². The van der Waals surface area contributed by atoms with Crippen molar-refractivity contribution in [2.45, 2.75) is 37.2 Å². The van der Waals surface area contributed by atoms with E-state index in [9.17, 15) is 23.5 Å². The number of nitrogens with one attached hydrogen (secondary N) is 1. The molecule has 4 aromatic rings. The summed E-state index contributed by atoms with van der Waals surface area (Å²) in [5.74, 6) is -0.0397. The van der Waals surface area contributed by atoms with Gasteiger partial charge in [0.2, 0.25) is 5.90 Å². The molecule has 0 saturated carbocycles. The van der Waals surface area contributed by atoms with Gasteiger partial charge in [-0.1, -0.05) is 81.7 Å². The van der Waals surface area contributed by atoms with Crippen molar-refractivity contribution in [1.29, 1.82) is 0 Å². The minimum Gasteiger partial charge on any atom is -0.494 e. The molecule has 1 aliphatic heterocycles. The number of aliphatic hydroxyl groups excluding tert-OH is 1. The average Bonchev–Trinajstić information content (AvgIpc) is 3.45. The van der Waals surface area contributed by atoms with Gasteiger partial charge in [-0.05, 0) is 53.1 Å². The molecule has 0 fully saturated rings. The highest BCUT2D eigenvalue weighted by Gasteiger charge is 2.54. The van der Waals surface area contributed by atoms with Crippen LogP contribution in [0.2, 0.25) is 0 Å². The summed E-state index contributed by atoms with van der Waals surface area (Å²) in [6.07, 6.45) is -5.34. The topological polar surface area (TPSA) is 129 Å². The van der Waals surface area contributed by atoms with Crippen LogP contribution >= 0.6 is 15.9 Å². The van der Waals surface area contributed by atoms with E-state index in [1.807, 2.05) is 6.07 Å². The maximum atomic E-state index is 14.5. The molecular formula is C34H29BrF3N5O4. The molecule has 1 amide bonds. The van der Waals surface area contributed by atoms with E-state index >= 15 is 0 Å². The molecule has 0 spiro atoms. The smallest absolute Gasteiger partial charge is 0.416 e. The van der Waals surface area contributed by atoms with Crippen LogP contribution in [0.4, 0.5) is 18.9 Å². The number of halogens is 4. The maximum absolute atomic E-state index is 14.5. The largest absolute Gasteiger partial charge is 0.494 e. The number of alkyl halides is 3. The number of ether oxygens (including phenoxy) is 2. The minimum absolute atomic E-state index is 0.00902. The number of benzene rings is 4. The zero-order chi connectivity index (χ0) is 33.4. The van der Waals surface area contributed by atoms with Gasteiger partial charge in [-0.25, -0.2) is 4.99 Å². The van der Waals surface area contributed by atoms with Crippen LogP contribution in [0, 0.1) is 0 Å². The number of carbonyl (C=O) groups is 1. The molecule has 9 nitrogen and oxygen atoms in total. The van der Waals surface area contributed by atoms with Crippen molar-refractivity contribution in [3.05, 3.63) is 140 Å². The van der Waals surface area contributed by atoms with Crippen molar-refractivity contribution >= 4 is 33.4 Å². The summed E-state index contributed by atoms with van der Waals surface area (Å²) in [5, 5.41) is 15.6. The number of azide groups is 1. The summed E-state index contributed by atoms with van der Waals surface area (Å²) < 4.78 is 54.2. The Labute approximate surface area is 276 Å². The van der Waals surface area contributed by atoms with E-state index in [1.165, 1.54) is 18.2 Å². The van der Waals surface area contributed by atoms with Crippen molar-refractivity contribution in [3.63, 3.8) is 0 Å². The summed E-state index contributed by atoms with van der Waals surface area (Å²) in [6.45, 7) is -0.120. The molecule has 0 bridgehead atoms. The van der Waals surface area contributed by atoms with Crippen LogP contribution in [0.5, 0.6) is 5.75 Å². The Morgan fingerprint density at radius 2 is 1.70 bits per heavy atom. The van der Waals surface area contributed by atoms with E-state index in [2.05, 4.69) is 31.3 Å². The predicted molar refractivity (Wildman–Crippen MR) is 173 cm³/mol. The standard InChI is InChI=1S/C34H29BrF3N5O4/c35-28-12-5-2-8-23(28)20-33(32(45)40-21-24-9-1-4-11-27(24)34(36,37)38)30(26-10-3-6-13-29(26)42-43-39)47-31(41-33)22-14-16-25(17-15-22)46-19-7-18-44/h1-6,8-17,30,44H,7,18-21H2,(H,40,45)/t30-,33-/m1/s1. The fraction of sp³-hybridized carbons (Fsp3) is 0.235. The minimum atomic E-state index is -4.62. The number of amides is 1. The molecular weight excluding hydrogens is 679 g/mol. The Morgan fingerprint density at radius 3 is 2.40 bits per heavy atom.